The molecule has 0 bridgehead atoms. The lowest BCUT2D eigenvalue weighted by Gasteiger charge is -2.20. The molecule has 3 heterocycles. The zero-order valence-corrected chi connectivity index (χ0v) is 28.0. The largest absolute Gasteiger partial charge is 0.309 e. The molecule has 1 unspecified atom stereocenters. The topological polar surface area (TPSA) is 4.93 Å². The maximum absolute atomic E-state index is 2.53. The third-order valence-corrected chi connectivity index (χ3v) is 13.4. The number of thiophene rings is 2. The highest BCUT2D eigenvalue weighted by Crippen LogP contribution is 2.50. The molecule has 1 atom stereocenters. The molecule has 10 aromatic rings. The second-order valence-corrected chi connectivity index (χ2v) is 15.7. The Kier molecular flexibility index (Phi) is 5.17. The Morgan fingerprint density at radius 1 is 0.510 bits per heavy atom. The van der Waals surface area contributed by atoms with E-state index in [-0.39, 0.29) is 0 Å². The summed E-state index contributed by atoms with van der Waals surface area (Å²) in [5.41, 5.74) is 12.2. The van der Waals surface area contributed by atoms with Crippen molar-refractivity contribution >= 4 is 91.6 Å². The van der Waals surface area contributed by atoms with E-state index in [2.05, 4.69) is 150 Å². The van der Waals surface area contributed by atoms with Crippen LogP contribution in [0.2, 0.25) is 0 Å². The molecular weight excluding hydrogens is 631 g/mol. The Hall–Kier alpha value is -5.48. The highest BCUT2D eigenvalue weighted by Gasteiger charge is 2.27. The van der Waals surface area contributed by atoms with Crippen molar-refractivity contribution in [1.82, 2.24) is 4.57 Å². The highest BCUT2D eigenvalue weighted by atomic mass is 32.1. The zero-order valence-electron chi connectivity index (χ0n) is 26.4. The molecule has 0 saturated carbocycles. The summed E-state index contributed by atoms with van der Waals surface area (Å²) in [5.74, 6) is 0.326. The van der Waals surface area contributed by atoms with Gasteiger partial charge >= 0.3 is 0 Å². The van der Waals surface area contributed by atoms with Crippen molar-refractivity contribution in [3.63, 3.8) is 0 Å². The molecule has 0 aliphatic heterocycles. The van der Waals surface area contributed by atoms with Crippen LogP contribution in [0.1, 0.15) is 21.9 Å². The van der Waals surface area contributed by atoms with Gasteiger partial charge in [-0.25, -0.2) is 0 Å². The number of aromatic nitrogens is 1. The van der Waals surface area contributed by atoms with E-state index in [0.717, 1.165) is 6.42 Å². The summed E-state index contributed by atoms with van der Waals surface area (Å²) in [5, 5.41) is 9.51. The molecule has 1 nitrogen and oxygen atoms in total. The number of allylic oxidation sites excluding steroid dienone is 1. The van der Waals surface area contributed by atoms with Gasteiger partial charge in [0, 0.05) is 52.1 Å². The van der Waals surface area contributed by atoms with E-state index in [9.17, 15) is 0 Å². The molecule has 7 aromatic carbocycles. The fourth-order valence-electron chi connectivity index (χ4n) is 9.03. The lowest BCUT2D eigenvalue weighted by Crippen LogP contribution is -2.05. The summed E-state index contributed by atoms with van der Waals surface area (Å²) < 4.78 is 6.58. The molecule has 0 spiro atoms. The first-order chi connectivity index (χ1) is 24.3. The Morgan fingerprint density at radius 3 is 2.16 bits per heavy atom. The van der Waals surface area contributed by atoms with E-state index in [1.165, 1.54) is 107 Å². The molecule has 3 aromatic heterocycles. The van der Waals surface area contributed by atoms with Gasteiger partial charge < -0.3 is 4.57 Å². The molecule has 228 valence electrons. The monoisotopic (exact) mass is 657 g/mol. The fraction of sp³-hybridized carbons (Fsp3) is 0.0435. The minimum absolute atomic E-state index is 0.326. The smallest absolute Gasteiger partial charge is 0.0634 e. The van der Waals surface area contributed by atoms with E-state index < -0.39 is 0 Å². The standard InChI is InChI=1S/C46H27NS2/c1-2-9-30-29(8-1)33-13-7-12-32-28(18-19-34(30)44(32)33)26-16-21-41-37(24-26)38-25-27(17-22-42(38)48-41)47-39-14-5-3-10-31(39)35-20-23-43-45(46(35)47)36-11-4-6-15-40(36)49-43/h1-23,25-26H,24H2. The molecule has 0 fully saturated rings. The van der Waals surface area contributed by atoms with Crippen molar-refractivity contribution in [2.45, 2.75) is 12.3 Å². The van der Waals surface area contributed by atoms with Gasteiger partial charge in [-0.05, 0) is 98.4 Å². The third-order valence-electron chi connectivity index (χ3n) is 11.1. The second-order valence-electron chi connectivity index (χ2n) is 13.6. The zero-order chi connectivity index (χ0) is 31.8. The molecule has 0 N–H and O–H groups in total. The molecule has 0 saturated heterocycles. The third kappa shape index (κ3) is 3.49. The van der Waals surface area contributed by atoms with Gasteiger partial charge in [0.15, 0.2) is 0 Å². The highest BCUT2D eigenvalue weighted by molar-refractivity contribution is 7.26. The molecule has 12 rings (SSSR count). The maximum Gasteiger partial charge on any atom is 0.0634 e. The Balaban J connectivity index is 1.05. The van der Waals surface area contributed by atoms with E-state index >= 15 is 0 Å². The number of fused-ring (bicyclic) bond motifs is 13. The number of hydrogen-bond donors (Lipinski definition) is 0. The van der Waals surface area contributed by atoms with E-state index in [0.29, 0.717) is 5.92 Å². The number of para-hydroxylation sites is 1. The maximum atomic E-state index is 2.53. The molecular formula is C46H27NS2. The van der Waals surface area contributed by atoms with Crippen LogP contribution in [0.3, 0.4) is 0 Å². The first-order valence-electron chi connectivity index (χ1n) is 17.0. The van der Waals surface area contributed by atoms with Gasteiger partial charge in [0.1, 0.15) is 0 Å². The summed E-state index contributed by atoms with van der Waals surface area (Å²) in [6.07, 6.45) is 5.86. The van der Waals surface area contributed by atoms with E-state index in [1.807, 2.05) is 22.7 Å². The van der Waals surface area contributed by atoms with Crippen LogP contribution in [0, 0.1) is 0 Å². The van der Waals surface area contributed by atoms with Gasteiger partial charge in [0.2, 0.25) is 0 Å². The summed E-state index contributed by atoms with van der Waals surface area (Å²) >= 11 is 3.83. The quantitative estimate of drug-likeness (QED) is 0.174. The second kappa shape index (κ2) is 9.57. The fourth-order valence-corrected chi connectivity index (χ4v) is 11.3. The van der Waals surface area contributed by atoms with Crippen molar-refractivity contribution in [3.8, 4) is 27.9 Å². The van der Waals surface area contributed by atoms with E-state index in [1.54, 1.807) is 0 Å². The number of benzene rings is 7. The van der Waals surface area contributed by atoms with Gasteiger partial charge in [-0.3, -0.25) is 0 Å². The van der Waals surface area contributed by atoms with Crippen LogP contribution in [-0.4, -0.2) is 4.57 Å². The summed E-state index contributed by atoms with van der Waals surface area (Å²) in [6.45, 7) is 0. The van der Waals surface area contributed by atoms with Gasteiger partial charge in [-0.15, -0.1) is 22.7 Å². The minimum Gasteiger partial charge on any atom is -0.309 e. The van der Waals surface area contributed by atoms with E-state index in [4.69, 9.17) is 0 Å². The van der Waals surface area contributed by atoms with Crippen LogP contribution >= 0.6 is 22.7 Å². The molecule has 2 aliphatic carbocycles. The Labute approximate surface area is 290 Å². The van der Waals surface area contributed by atoms with Crippen LogP contribution in [0.4, 0.5) is 0 Å². The predicted molar refractivity (Wildman–Crippen MR) is 213 cm³/mol. The average molecular weight is 658 g/mol. The molecule has 49 heavy (non-hydrogen) atoms. The van der Waals surface area contributed by atoms with Crippen LogP contribution in [0.25, 0.3) is 96.9 Å². The minimum atomic E-state index is 0.326. The van der Waals surface area contributed by atoms with Crippen LogP contribution in [0.15, 0.2) is 140 Å². The number of hydrogen-bond acceptors (Lipinski definition) is 2. The normalized spacial score (nSPS) is 15.0. The van der Waals surface area contributed by atoms with Crippen molar-refractivity contribution in [3.05, 3.63) is 156 Å². The summed E-state index contributed by atoms with van der Waals surface area (Å²) in [7, 11) is 0. The SMILES string of the molecule is C1=CC(c2ccc3c4c(cccc24)-c2ccccc2-3)Cc2c1sc1ccc(-n3c4ccccc4c4ccc5sc6ccccc6c5c43)cc21. The van der Waals surface area contributed by atoms with Gasteiger partial charge in [-0.2, -0.15) is 0 Å². The Morgan fingerprint density at radius 2 is 1.24 bits per heavy atom. The van der Waals surface area contributed by atoms with Gasteiger partial charge in [0.25, 0.3) is 0 Å². The van der Waals surface area contributed by atoms with Crippen LogP contribution < -0.4 is 0 Å². The first kappa shape index (κ1) is 26.5. The number of nitrogens with zero attached hydrogens (tertiary/aromatic N) is 1. The molecule has 3 heteroatoms. The predicted octanol–water partition coefficient (Wildman–Crippen LogP) is 13.5. The Bertz CT molecular complexity index is 3060. The molecule has 0 amide bonds. The summed E-state index contributed by atoms with van der Waals surface area (Å²) in [6, 6.07) is 50.2. The lowest BCUT2D eigenvalue weighted by molar-refractivity contribution is 0.844. The number of rotatable bonds is 2. The first-order valence-corrected chi connectivity index (χ1v) is 18.7. The van der Waals surface area contributed by atoms with Crippen molar-refractivity contribution in [1.29, 1.82) is 0 Å². The molecule has 2 aliphatic rings. The van der Waals surface area contributed by atoms with Crippen LogP contribution in [-0.2, 0) is 6.42 Å². The summed E-state index contributed by atoms with van der Waals surface area (Å²) in [4.78, 5) is 1.40. The van der Waals surface area contributed by atoms with Crippen molar-refractivity contribution in [2.24, 2.45) is 0 Å². The van der Waals surface area contributed by atoms with Crippen molar-refractivity contribution < 1.29 is 0 Å². The van der Waals surface area contributed by atoms with Gasteiger partial charge in [-0.1, -0.05) is 103 Å². The molecule has 0 radical (unpaired) electrons. The average Bonchev–Trinajstić information content (AvgIpc) is 3.90. The van der Waals surface area contributed by atoms with Crippen molar-refractivity contribution in [2.75, 3.05) is 0 Å². The van der Waals surface area contributed by atoms with Gasteiger partial charge in [0.05, 0.1) is 11.0 Å². The lowest BCUT2D eigenvalue weighted by atomic mass is 9.83. The van der Waals surface area contributed by atoms with Crippen LogP contribution in [0.5, 0.6) is 0 Å².